The Labute approximate surface area is 118 Å². The SMILES string of the molecule is Cc1csc(-c2cccc(CC3CCNCC3)n2)n1. The number of piperidine rings is 1. The second-order valence-corrected chi connectivity index (χ2v) is 6.06. The van der Waals surface area contributed by atoms with Crippen molar-refractivity contribution in [3.8, 4) is 10.7 Å². The van der Waals surface area contributed by atoms with Crippen LogP contribution in [0.4, 0.5) is 0 Å². The Morgan fingerprint density at radius 2 is 2.11 bits per heavy atom. The van der Waals surface area contributed by atoms with Crippen molar-refractivity contribution in [2.24, 2.45) is 5.92 Å². The van der Waals surface area contributed by atoms with Crippen LogP contribution in [0.2, 0.25) is 0 Å². The van der Waals surface area contributed by atoms with Crippen molar-refractivity contribution in [3.63, 3.8) is 0 Å². The molecule has 0 amide bonds. The zero-order valence-electron chi connectivity index (χ0n) is 11.2. The lowest BCUT2D eigenvalue weighted by molar-refractivity contribution is 0.370. The molecule has 0 aliphatic carbocycles. The van der Waals surface area contributed by atoms with Crippen molar-refractivity contribution in [2.45, 2.75) is 26.2 Å². The van der Waals surface area contributed by atoms with E-state index in [1.165, 1.54) is 18.5 Å². The number of nitrogens with one attached hydrogen (secondary N) is 1. The molecular formula is C15H19N3S. The van der Waals surface area contributed by atoms with Crippen LogP contribution in [0.3, 0.4) is 0 Å². The molecule has 1 saturated heterocycles. The summed E-state index contributed by atoms with van der Waals surface area (Å²) >= 11 is 1.67. The number of rotatable bonds is 3. The maximum absolute atomic E-state index is 4.78. The fourth-order valence-corrected chi connectivity index (χ4v) is 3.33. The summed E-state index contributed by atoms with van der Waals surface area (Å²) in [4.78, 5) is 9.29. The van der Waals surface area contributed by atoms with E-state index >= 15 is 0 Å². The predicted octanol–water partition coefficient (Wildman–Crippen LogP) is 3.06. The van der Waals surface area contributed by atoms with E-state index in [4.69, 9.17) is 4.98 Å². The second-order valence-electron chi connectivity index (χ2n) is 5.21. The summed E-state index contributed by atoms with van der Waals surface area (Å²) in [5, 5.41) is 6.52. The molecule has 3 rings (SSSR count). The van der Waals surface area contributed by atoms with Gasteiger partial charge in [0, 0.05) is 16.8 Å². The van der Waals surface area contributed by atoms with Gasteiger partial charge in [0.1, 0.15) is 5.01 Å². The van der Waals surface area contributed by atoms with Gasteiger partial charge in [0.15, 0.2) is 0 Å². The average Bonchev–Trinajstić information content (AvgIpc) is 2.87. The van der Waals surface area contributed by atoms with Crippen LogP contribution < -0.4 is 5.32 Å². The number of thiazole rings is 1. The molecule has 3 heterocycles. The van der Waals surface area contributed by atoms with Crippen LogP contribution in [0.1, 0.15) is 24.2 Å². The monoisotopic (exact) mass is 273 g/mol. The molecular weight excluding hydrogens is 254 g/mol. The minimum atomic E-state index is 0.780. The lowest BCUT2D eigenvalue weighted by Crippen LogP contribution is -2.28. The summed E-state index contributed by atoms with van der Waals surface area (Å²) in [6.07, 6.45) is 3.63. The van der Waals surface area contributed by atoms with Gasteiger partial charge in [-0.15, -0.1) is 11.3 Å². The quantitative estimate of drug-likeness (QED) is 0.934. The predicted molar refractivity (Wildman–Crippen MR) is 79.4 cm³/mol. The summed E-state index contributed by atoms with van der Waals surface area (Å²) in [5.41, 5.74) is 3.30. The lowest BCUT2D eigenvalue weighted by Gasteiger charge is -2.22. The molecule has 1 aliphatic heterocycles. The summed E-state index contributed by atoms with van der Waals surface area (Å²) < 4.78 is 0. The molecule has 2 aromatic rings. The van der Waals surface area contributed by atoms with Crippen molar-refractivity contribution in [1.29, 1.82) is 0 Å². The number of aryl methyl sites for hydroxylation is 1. The van der Waals surface area contributed by atoms with Crippen LogP contribution in [-0.2, 0) is 6.42 Å². The molecule has 19 heavy (non-hydrogen) atoms. The molecule has 2 aromatic heterocycles. The van der Waals surface area contributed by atoms with Gasteiger partial charge in [-0.1, -0.05) is 6.07 Å². The minimum absolute atomic E-state index is 0.780. The van der Waals surface area contributed by atoms with Crippen molar-refractivity contribution >= 4 is 11.3 Å². The van der Waals surface area contributed by atoms with Crippen LogP contribution in [-0.4, -0.2) is 23.1 Å². The number of nitrogens with zero attached hydrogens (tertiary/aromatic N) is 2. The van der Waals surface area contributed by atoms with Gasteiger partial charge >= 0.3 is 0 Å². The normalized spacial score (nSPS) is 16.7. The largest absolute Gasteiger partial charge is 0.317 e. The van der Waals surface area contributed by atoms with Crippen LogP contribution in [0.5, 0.6) is 0 Å². The molecule has 1 aliphatic rings. The van der Waals surface area contributed by atoms with Crippen molar-refractivity contribution in [1.82, 2.24) is 15.3 Å². The standard InChI is InChI=1S/C15H19N3S/c1-11-10-19-15(17-11)14-4-2-3-13(18-14)9-12-5-7-16-8-6-12/h2-4,10,12,16H,5-9H2,1H3. The van der Waals surface area contributed by atoms with Gasteiger partial charge in [-0.05, 0) is 57.3 Å². The molecule has 3 nitrogen and oxygen atoms in total. The molecule has 0 unspecified atom stereocenters. The molecule has 0 radical (unpaired) electrons. The highest BCUT2D eigenvalue weighted by atomic mass is 32.1. The molecule has 0 aromatic carbocycles. The average molecular weight is 273 g/mol. The Kier molecular flexibility index (Phi) is 3.89. The smallest absolute Gasteiger partial charge is 0.142 e. The third kappa shape index (κ3) is 3.19. The van der Waals surface area contributed by atoms with Gasteiger partial charge in [-0.25, -0.2) is 4.98 Å². The van der Waals surface area contributed by atoms with Crippen molar-refractivity contribution in [3.05, 3.63) is 35.0 Å². The highest BCUT2D eigenvalue weighted by Crippen LogP contribution is 2.23. The number of pyridine rings is 1. The Morgan fingerprint density at radius 3 is 2.84 bits per heavy atom. The highest BCUT2D eigenvalue weighted by molar-refractivity contribution is 7.13. The summed E-state index contributed by atoms with van der Waals surface area (Å²) in [5.74, 6) is 0.780. The number of hydrogen-bond donors (Lipinski definition) is 1. The van der Waals surface area contributed by atoms with Crippen molar-refractivity contribution in [2.75, 3.05) is 13.1 Å². The van der Waals surface area contributed by atoms with Gasteiger partial charge in [0.25, 0.3) is 0 Å². The Balaban J connectivity index is 1.75. The van der Waals surface area contributed by atoms with E-state index in [1.54, 1.807) is 11.3 Å². The van der Waals surface area contributed by atoms with E-state index in [0.717, 1.165) is 41.8 Å². The maximum atomic E-state index is 4.78. The lowest BCUT2D eigenvalue weighted by atomic mass is 9.93. The van der Waals surface area contributed by atoms with Gasteiger partial charge < -0.3 is 5.32 Å². The van der Waals surface area contributed by atoms with E-state index in [9.17, 15) is 0 Å². The third-order valence-corrected chi connectivity index (χ3v) is 4.58. The van der Waals surface area contributed by atoms with E-state index in [0.29, 0.717) is 0 Å². The summed E-state index contributed by atoms with van der Waals surface area (Å²) in [6, 6.07) is 6.31. The molecule has 0 atom stereocenters. The topological polar surface area (TPSA) is 37.8 Å². The molecule has 0 bridgehead atoms. The molecule has 0 spiro atoms. The summed E-state index contributed by atoms with van der Waals surface area (Å²) in [7, 11) is 0. The van der Waals surface area contributed by atoms with Crippen LogP contribution in [0.15, 0.2) is 23.6 Å². The van der Waals surface area contributed by atoms with Crippen LogP contribution in [0, 0.1) is 12.8 Å². The van der Waals surface area contributed by atoms with Crippen LogP contribution >= 0.6 is 11.3 Å². The number of hydrogen-bond acceptors (Lipinski definition) is 4. The first kappa shape index (κ1) is 12.8. The zero-order valence-corrected chi connectivity index (χ0v) is 12.0. The third-order valence-electron chi connectivity index (χ3n) is 3.60. The fourth-order valence-electron chi connectivity index (χ4n) is 2.57. The number of aromatic nitrogens is 2. The molecule has 1 fully saturated rings. The minimum Gasteiger partial charge on any atom is -0.317 e. The van der Waals surface area contributed by atoms with Gasteiger partial charge in [0.05, 0.1) is 5.69 Å². The van der Waals surface area contributed by atoms with E-state index < -0.39 is 0 Å². The van der Waals surface area contributed by atoms with E-state index in [-0.39, 0.29) is 0 Å². The highest BCUT2D eigenvalue weighted by Gasteiger charge is 2.14. The Hall–Kier alpha value is -1.26. The van der Waals surface area contributed by atoms with E-state index in [2.05, 4.69) is 33.9 Å². The summed E-state index contributed by atoms with van der Waals surface area (Å²) in [6.45, 7) is 4.32. The van der Waals surface area contributed by atoms with Crippen LogP contribution in [0.25, 0.3) is 10.7 Å². The first-order chi connectivity index (χ1) is 9.31. The molecule has 1 N–H and O–H groups in total. The Bertz CT molecular complexity index is 544. The first-order valence-corrected chi connectivity index (χ1v) is 7.78. The van der Waals surface area contributed by atoms with Crippen molar-refractivity contribution < 1.29 is 0 Å². The molecule has 100 valence electrons. The zero-order chi connectivity index (χ0) is 13.1. The van der Waals surface area contributed by atoms with E-state index in [1.807, 2.05) is 6.92 Å². The van der Waals surface area contributed by atoms with Gasteiger partial charge in [-0.3, -0.25) is 4.98 Å². The van der Waals surface area contributed by atoms with Gasteiger partial charge in [-0.2, -0.15) is 0 Å². The fraction of sp³-hybridized carbons (Fsp3) is 0.467. The molecule has 0 saturated carbocycles. The first-order valence-electron chi connectivity index (χ1n) is 6.90. The van der Waals surface area contributed by atoms with Gasteiger partial charge in [0.2, 0.25) is 0 Å². The maximum Gasteiger partial charge on any atom is 0.142 e. The Morgan fingerprint density at radius 1 is 1.26 bits per heavy atom. The molecule has 4 heteroatoms. The second kappa shape index (κ2) is 5.80.